The van der Waals surface area contributed by atoms with Gasteiger partial charge in [0.1, 0.15) is 0 Å². The van der Waals surface area contributed by atoms with Gasteiger partial charge >= 0.3 is 0 Å². The monoisotopic (exact) mass is 250 g/mol. The molecule has 1 fully saturated rings. The highest BCUT2D eigenvalue weighted by Gasteiger charge is 2.22. The first kappa shape index (κ1) is 12.8. The van der Waals surface area contributed by atoms with E-state index in [0.29, 0.717) is 12.1 Å². The summed E-state index contributed by atoms with van der Waals surface area (Å²) in [4.78, 5) is 2.56. The molecule has 2 unspecified atom stereocenters. The molecule has 94 valence electrons. The summed E-state index contributed by atoms with van der Waals surface area (Å²) in [6, 6.07) is 9.83. The maximum absolute atomic E-state index is 3.34. The number of benzene rings is 1. The van der Waals surface area contributed by atoms with E-state index in [4.69, 9.17) is 0 Å². The second-order valence-electron chi connectivity index (χ2n) is 4.69. The molecule has 0 aromatic heterocycles. The van der Waals surface area contributed by atoms with Crippen LogP contribution < -0.4 is 10.2 Å². The van der Waals surface area contributed by atoms with Crippen LogP contribution in [0.1, 0.15) is 25.5 Å². The lowest BCUT2D eigenvalue weighted by atomic mass is 10.0. The summed E-state index contributed by atoms with van der Waals surface area (Å²) < 4.78 is 0. The van der Waals surface area contributed by atoms with Crippen molar-refractivity contribution in [1.29, 1.82) is 0 Å². The van der Waals surface area contributed by atoms with Gasteiger partial charge in [-0.2, -0.15) is 11.8 Å². The number of thioether (sulfide) groups is 1. The SMILES string of the molecule is CNC(C)c1ccccc1N1CCSCC1C. The summed E-state index contributed by atoms with van der Waals surface area (Å²) in [6.45, 7) is 5.72. The lowest BCUT2D eigenvalue weighted by Gasteiger charge is -2.37. The van der Waals surface area contributed by atoms with E-state index in [-0.39, 0.29) is 0 Å². The van der Waals surface area contributed by atoms with Crippen LogP contribution in [0.15, 0.2) is 24.3 Å². The van der Waals surface area contributed by atoms with Crippen molar-refractivity contribution < 1.29 is 0 Å². The van der Waals surface area contributed by atoms with E-state index in [0.717, 1.165) is 0 Å². The van der Waals surface area contributed by atoms with Crippen LogP contribution in [0.25, 0.3) is 0 Å². The minimum Gasteiger partial charge on any atom is -0.367 e. The van der Waals surface area contributed by atoms with Gasteiger partial charge in [-0.3, -0.25) is 0 Å². The third kappa shape index (κ3) is 2.78. The standard InChI is InChI=1S/C14H22N2S/c1-11-10-17-9-8-16(11)14-7-5-4-6-13(14)12(2)15-3/h4-7,11-12,15H,8-10H2,1-3H3. The largest absolute Gasteiger partial charge is 0.367 e. The van der Waals surface area contributed by atoms with Crippen LogP contribution in [0.5, 0.6) is 0 Å². The predicted molar refractivity (Wildman–Crippen MR) is 78.0 cm³/mol. The molecule has 0 radical (unpaired) electrons. The molecule has 1 N–H and O–H groups in total. The number of rotatable bonds is 3. The first-order valence-electron chi connectivity index (χ1n) is 6.34. The highest BCUT2D eigenvalue weighted by atomic mass is 32.2. The van der Waals surface area contributed by atoms with Gasteiger partial charge in [0.25, 0.3) is 0 Å². The Kier molecular flexibility index (Phi) is 4.35. The van der Waals surface area contributed by atoms with Crippen molar-refractivity contribution in [3.8, 4) is 0 Å². The van der Waals surface area contributed by atoms with Gasteiger partial charge in [0.05, 0.1) is 0 Å². The van der Waals surface area contributed by atoms with E-state index in [1.807, 2.05) is 7.05 Å². The Bertz CT molecular complexity index is 367. The molecule has 1 saturated heterocycles. The molecule has 0 aliphatic carbocycles. The molecule has 0 saturated carbocycles. The van der Waals surface area contributed by atoms with Crippen molar-refractivity contribution in [2.24, 2.45) is 0 Å². The molecule has 3 heteroatoms. The van der Waals surface area contributed by atoms with E-state index in [1.54, 1.807) is 0 Å². The lowest BCUT2D eigenvalue weighted by molar-refractivity contribution is 0.636. The molecule has 0 bridgehead atoms. The van der Waals surface area contributed by atoms with Gasteiger partial charge in [-0.1, -0.05) is 18.2 Å². The molecule has 2 nitrogen and oxygen atoms in total. The molecule has 1 aromatic carbocycles. The maximum Gasteiger partial charge on any atom is 0.0417 e. The molecule has 1 heterocycles. The van der Waals surface area contributed by atoms with Gasteiger partial charge in [-0.15, -0.1) is 0 Å². The fourth-order valence-corrected chi connectivity index (χ4v) is 3.37. The Balaban J connectivity index is 2.30. The molecule has 2 atom stereocenters. The van der Waals surface area contributed by atoms with Crippen molar-refractivity contribution in [2.45, 2.75) is 25.9 Å². The Morgan fingerprint density at radius 2 is 2.18 bits per heavy atom. The van der Waals surface area contributed by atoms with Gasteiger partial charge in [0.15, 0.2) is 0 Å². The zero-order valence-electron chi connectivity index (χ0n) is 10.9. The number of anilines is 1. The van der Waals surface area contributed by atoms with E-state index >= 15 is 0 Å². The van der Waals surface area contributed by atoms with Crippen LogP contribution in [0.3, 0.4) is 0 Å². The molecule has 1 aromatic rings. The summed E-state index contributed by atoms with van der Waals surface area (Å²) in [5.41, 5.74) is 2.82. The van der Waals surface area contributed by atoms with Crippen molar-refractivity contribution in [2.75, 3.05) is 30.0 Å². The second kappa shape index (κ2) is 5.78. The Labute approximate surface area is 109 Å². The van der Waals surface area contributed by atoms with E-state index in [9.17, 15) is 0 Å². The highest BCUT2D eigenvalue weighted by molar-refractivity contribution is 7.99. The number of para-hydroxylation sites is 1. The average Bonchev–Trinajstić information content (AvgIpc) is 2.38. The summed E-state index contributed by atoms with van der Waals surface area (Å²) in [6.07, 6.45) is 0. The number of nitrogens with zero attached hydrogens (tertiary/aromatic N) is 1. The molecule has 2 rings (SSSR count). The first-order chi connectivity index (χ1) is 8.24. The lowest BCUT2D eigenvalue weighted by Crippen LogP contribution is -2.41. The van der Waals surface area contributed by atoms with Gasteiger partial charge in [-0.25, -0.2) is 0 Å². The molecule has 1 aliphatic heterocycles. The summed E-state index contributed by atoms with van der Waals surface area (Å²) >= 11 is 2.06. The summed E-state index contributed by atoms with van der Waals surface area (Å²) in [5.74, 6) is 2.48. The van der Waals surface area contributed by atoms with Gasteiger partial charge < -0.3 is 10.2 Å². The van der Waals surface area contributed by atoms with Crippen LogP contribution in [0.2, 0.25) is 0 Å². The van der Waals surface area contributed by atoms with Gasteiger partial charge in [-0.05, 0) is 32.5 Å². The third-order valence-electron chi connectivity index (χ3n) is 3.51. The Hall–Kier alpha value is -0.670. The number of hydrogen-bond acceptors (Lipinski definition) is 3. The van der Waals surface area contributed by atoms with E-state index in [1.165, 1.54) is 29.3 Å². The number of nitrogens with one attached hydrogen (secondary N) is 1. The summed E-state index contributed by atoms with van der Waals surface area (Å²) in [5, 5.41) is 3.34. The van der Waals surface area contributed by atoms with Crippen molar-refractivity contribution in [1.82, 2.24) is 5.32 Å². The molecule has 1 aliphatic rings. The average molecular weight is 250 g/mol. The van der Waals surface area contributed by atoms with Crippen molar-refractivity contribution in [3.63, 3.8) is 0 Å². The van der Waals surface area contributed by atoms with Gasteiger partial charge in [0.2, 0.25) is 0 Å². The Morgan fingerprint density at radius 3 is 2.88 bits per heavy atom. The summed E-state index contributed by atoms with van der Waals surface area (Å²) in [7, 11) is 2.02. The molecular formula is C14H22N2S. The zero-order chi connectivity index (χ0) is 12.3. The number of hydrogen-bond donors (Lipinski definition) is 1. The predicted octanol–water partition coefficient (Wildman–Crippen LogP) is 2.91. The van der Waals surface area contributed by atoms with Crippen LogP contribution in [0.4, 0.5) is 5.69 Å². The highest BCUT2D eigenvalue weighted by Crippen LogP contribution is 2.30. The third-order valence-corrected chi connectivity index (χ3v) is 4.70. The fraction of sp³-hybridized carbons (Fsp3) is 0.571. The first-order valence-corrected chi connectivity index (χ1v) is 7.50. The molecular weight excluding hydrogens is 228 g/mol. The van der Waals surface area contributed by atoms with Gasteiger partial charge in [0, 0.05) is 35.8 Å². The molecule has 17 heavy (non-hydrogen) atoms. The second-order valence-corrected chi connectivity index (χ2v) is 5.84. The molecule has 0 amide bonds. The molecule has 0 spiro atoms. The van der Waals surface area contributed by atoms with E-state index in [2.05, 4.69) is 60.1 Å². The van der Waals surface area contributed by atoms with Crippen LogP contribution >= 0.6 is 11.8 Å². The van der Waals surface area contributed by atoms with Crippen LogP contribution in [-0.2, 0) is 0 Å². The van der Waals surface area contributed by atoms with Crippen LogP contribution in [0, 0.1) is 0 Å². The fourth-order valence-electron chi connectivity index (χ4n) is 2.36. The van der Waals surface area contributed by atoms with Crippen LogP contribution in [-0.4, -0.2) is 31.1 Å². The minimum absolute atomic E-state index is 0.410. The topological polar surface area (TPSA) is 15.3 Å². The minimum atomic E-state index is 0.410. The van der Waals surface area contributed by atoms with E-state index < -0.39 is 0 Å². The smallest absolute Gasteiger partial charge is 0.0417 e. The normalized spacial score (nSPS) is 22.5. The quantitative estimate of drug-likeness (QED) is 0.888. The maximum atomic E-state index is 3.34. The zero-order valence-corrected chi connectivity index (χ0v) is 11.8. The van der Waals surface area contributed by atoms with Crippen molar-refractivity contribution in [3.05, 3.63) is 29.8 Å². The van der Waals surface area contributed by atoms with Crippen molar-refractivity contribution >= 4 is 17.4 Å². The Morgan fingerprint density at radius 1 is 1.41 bits per heavy atom.